The van der Waals surface area contributed by atoms with Crippen LogP contribution in [-0.4, -0.2) is 79.7 Å². The van der Waals surface area contributed by atoms with Crippen molar-refractivity contribution in [2.24, 2.45) is 17.1 Å². The minimum absolute atomic E-state index is 0.00574. The number of likely N-dealkylation sites (N-methyl/N-ethyl adjacent to an activating group) is 1. The van der Waals surface area contributed by atoms with Crippen LogP contribution in [0.1, 0.15) is 23.1 Å². The summed E-state index contributed by atoms with van der Waals surface area (Å²) in [5.74, 6) is -7.20. The van der Waals surface area contributed by atoms with Crippen molar-refractivity contribution in [3.63, 3.8) is 0 Å². The molecule has 6 atom stereocenters. The number of ketones is 2. The van der Waals surface area contributed by atoms with Gasteiger partial charge in [0.2, 0.25) is 5.78 Å². The molecule has 1 amide bonds. The zero-order chi connectivity index (χ0) is 28.2. The Kier molecular flexibility index (Phi) is 5.05. The molecule has 2 aromatic rings. The normalized spacial score (nSPS) is 34.8. The van der Waals surface area contributed by atoms with Gasteiger partial charge in [-0.3, -0.25) is 19.3 Å². The van der Waals surface area contributed by atoms with Gasteiger partial charge in [0.05, 0.1) is 29.2 Å². The van der Waals surface area contributed by atoms with Crippen LogP contribution in [0, 0.1) is 11.3 Å². The molecule has 0 aliphatic heterocycles. The lowest BCUT2D eigenvalue weighted by Crippen LogP contribution is -2.71. The molecule has 0 radical (unpaired) electrons. The molecular weight excluding hydrogens is 504 g/mol. The molecule has 7 N–H and O–H groups in total. The second-order valence-electron chi connectivity index (χ2n) is 11.2. The summed E-state index contributed by atoms with van der Waals surface area (Å²) in [6, 6.07) is 12.6. The van der Waals surface area contributed by atoms with Crippen molar-refractivity contribution >= 4 is 23.2 Å². The van der Waals surface area contributed by atoms with E-state index in [-0.39, 0.29) is 23.3 Å². The molecule has 10 nitrogen and oxygen atoms in total. The highest BCUT2D eigenvalue weighted by molar-refractivity contribution is 6.25. The van der Waals surface area contributed by atoms with Crippen LogP contribution >= 0.6 is 0 Å². The fourth-order valence-electron chi connectivity index (χ4n) is 7.68. The number of aliphatic hydroxyl groups excluding tert-OH is 3. The third-order valence-electron chi connectivity index (χ3n) is 9.29. The van der Waals surface area contributed by atoms with E-state index in [2.05, 4.69) is 0 Å². The Morgan fingerprint density at radius 1 is 1.05 bits per heavy atom. The smallest absolute Gasteiger partial charge is 0.255 e. The summed E-state index contributed by atoms with van der Waals surface area (Å²) in [5, 5.41) is 57.5. The van der Waals surface area contributed by atoms with Gasteiger partial charge in [-0.15, -0.1) is 0 Å². The molecule has 0 saturated heterocycles. The quantitative estimate of drug-likeness (QED) is 0.308. The third kappa shape index (κ3) is 2.78. The zero-order valence-electron chi connectivity index (χ0n) is 21.3. The average molecular weight is 533 g/mol. The number of aromatic hydroxyl groups is 1. The number of rotatable bonds is 4. The Bertz CT molecular complexity index is 1550. The maximum Gasteiger partial charge on any atom is 0.255 e. The molecule has 2 fully saturated rings. The van der Waals surface area contributed by atoms with E-state index in [0.717, 1.165) is 5.56 Å². The Hall–Kier alpha value is -3.99. The fourth-order valence-corrected chi connectivity index (χ4v) is 7.68. The molecule has 6 rings (SSSR count). The van der Waals surface area contributed by atoms with E-state index in [1.165, 1.54) is 25.1 Å². The molecular formula is C29H28N2O8. The van der Waals surface area contributed by atoms with Crippen LogP contribution in [0.2, 0.25) is 0 Å². The lowest BCUT2D eigenvalue weighted by Gasteiger charge is -2.54. The number of hydrogen-bond donors (Lipinski definition) is 6. The Balaban J connectivity index is 1.68. The lowest BCUT2D eigenvalue weighted by molar-refractivity contribution is -0.171. The lowest BCUT2D eigenvalue weighted by atomic mass is 9.53. The zero-order valence-corrected chi connectivity index (χ0v) is 21.3. The number of phenolic OH excluding ortho intramolecular Hbond substituents is 1. The van der Waals surface area contributed by atoms with Crippen molar-refractivity contribution in [2.75, 3.05) is 14.1 Å². The maximum atomic E-state index is 14.3. The summed E-state index contributed by atoms with van der Waals surface area (Å²) >= 11 is 0. The molecule has 39 heavy (non-hydrogen) atoms. The van der Waals surface area contributed by atoms with Crippen LogP contribution in [0.5, 0.6) is 5.75 Å². The standard InChI is InChI=1S/C29H28N2O8/c1-31(2)20-18-24(36)28-12-27(28,11-13-7-4-3-5-8-13)14-9-6-10-15(32)16(14)21(33)19(28)25(37)29(18,39)23(35)17(22(20)34)26(30)38/h3-10,18,20,24,32-33,35-36,39H,11-12H2,1-2H3,(H2,30,38)/t18-,20+,24-,27?,28-,29-/m1/s1. The van der Waals surface area contributed by atoms with Crippen LogP contribution in [0.3, 0.4) is 0 Å². The number of hydrogen-bond acceptors (Lipinski definition) is 9. The first-order valence-electron chi connectivity index (χ1n) is 12.6. The molecule has 0 heterocycles. The fraction of sp³-hybridized carbons (Fsp3) is 0.345. The van der Waals surface area contributed by atoms with Gasteiger partial charge >= 0.3 is 0 Å². The summed E-state index contributed by atoms with van der Waals surface area (Å²) in [5.41, 5.74) is 0.0706. The SMILES string of the molecule is CN(C)[C@@H]1C(=O)C(C(N)=O)=C(O)[C@@]2(O)C(=O)C3=C(O)c4c(O)cccc4C4(Cc5ccccc5)C[C@]34[C@H](O)[C@@H]12. The van der Waals surface area contributed by atoms with Crippen molar-refractivity contribution in [1.29, 1.82) is 0 Å². The molecule has 10 heteroatoms. The van der Waals surface area contributed by atoms with Gasteiger partial charge in [0.1, 0.15) is 22.8 Å². The topological polar surface area (TPSA) is 182 Å². The van der Waals surface area contributed by atoms with Crippen molar-refractivity contribution in [2.45, 2.75) is 36.0 Å². The minimum Gasteiger partial charge on any atom is -0.508 e. The molecule has 0 aromatic heterocycles. The van der Waals surface area contributed by atoms with E-state index in [4.69, 9.17) is 5.73 Å². The van der Waals surface area contributed by atoms with E-state index in [9.17, 15) is 39.9 Å². The molecule has 4 aliphatic carbocycles. The van der Waals surface area contributed by atoms with Crippen molar-refractivity contribution in [1.82, 2.24) is 4.90 Å². The van der Waals surface area contributed by atoms with Gasteiger partial charge in [-0.25, -0.2) is 0 Å². The Labute approximate surface area is 223 Å². The highest BCUT2D eigenvalue weighted by Crippen LogP contribution is 2.79. The number of nitrogens with two attached hydrogens (primary N) is 1. The van der Waals surface area contributed by atoms with Crippen LogP contribution in [0.15, 0.2) is 65.4 Å². The largest absolute Gasteiger partial charge is 0.508 e. The Morgan fingerprint density at radius 3 is 2.33 bits per heavy atom. The van der Waals surface area contributed by atoms with Gasteiger partial charge in [0.25, 0.3) is 5.91 Å². The van der Waals surface area contributed by atoms with Crippen molar-refractivity contribution in [3.8, 4) is 5.75 Å². The predicted molar refractivity (Wildman–Crippen MR) is 137 cm³/mol. The molecule has 2 aromatic carbocycles. The van der Waals surface area contributed by atoms with Gasteiger partial charge in [-0.05, 0) is 44.1 Å². The molecule has 202 valence electrons. The number of amides is 1. The van der Waals surface area contributed by atoms with E-state index < -0.39 is 69.1 Å². The summed E-state index contributed by atoms with van der Waals surface area (Å²) in [4.78, 5) is 41.3. The van der Waals surface area contributed by atoms with Crippen LogP contribution in [0.25, 0.3) is 5.76 Å². The van der Waals surface area contributed by atoms with Gasteiger partial charge in [0, 0.05) is 10.8 Å². The average Bonchev–Trinajstić information content (AvgIpc) is 3.55. The molecule has 2 saturated carbocycles. The number of benzene rings is 2. The molecule has 1 spiro atoms. The Morgan fingerprint density at radius 2 is 1.72 bits per heavy atom. The predicted octanol–water partition coefficient (Wildman–Crippen LogP) is 0.647. The number of nitrogens with zero attached hydrogens (tertiary/aromatic N) is 1. The van der Waals surface area contributed by atoms with Gasteiger partial charge < -0.3 is 31.3 Å². The second-order valence-corrected chi connectivity index (χ2v) is 11.2. The highest BCUT2D eigenvalue weighted by atomic mass is 16.4. The number of primary amides is 1. The first kappa shape index (κ1) is 25.3. The first-order valence-corrected chi connectivity index (χ1v) is 12.6. The number of fused-ring (bicyclic) bond motifs is 3. The number of phenols is 1. The van der Waals surface area contributed by atoms with Gasteiger partial charge in [-0.1, -0.05) is 42.5 Å². The van der Waals surface area contributed by atoms with E-state index in [1.807, 2.05) is 30.3 Å². The van der Waals surface area contributed by atoms with Crippen molar-refractivity contribution in [3.05, 3.63) is 82.1 Å². The summed E-state index contributed by atoms with van der Waals surface area (Å²) < 4.78 is 0. The molecule has 4 aliphatic rings. The highest BCUT2D eigenvalue weighted by Gasteiger charge is 2.83. The summed E-state index contributed by atoms with van der Waals surface area (Å²) in [6.45, 7) is 0. The van der Waals surface area contributed by atoms with E-state index in [1.54, 1.807) is 12.1 Å². The molecule has 1 unspecified atom stereocenters. The van der Waals surface area contributed by atoms with Gasteiger partial charge in [0.15, 0.2) is 11.4 Å². The second kappa shape index (κ2) is 7.78. The van der Waals surface area contributed by atoms with E-state index in [0.29, 0.717) is 12.0 Å². The molecule has 0 bridgehead atoms. The first-order chi connectivity index (χ1) is 18.4. The summed E-state index contributed by atoms with van der Waals surface area (Å²) in [7, 11) is 2.97. The number of Topliss-reactive ketones (excluding diaryl/α,β-unsaturated/α-hetero) is 2. The van der Waals surface area contributed by atoms with Crippen LogP contribution in [-0.2, 0) is 26.2 Å². The van der Waals surface area contributed by atoms with Gasteiger partial charge in [-0.2, -0.15) is 0 Å². The van der Waals surface area contributed by atoms with Crippen LogP contribution in [0.4, 0.5) is 0 Å². The minimum atomic E-state index is -2.94. The maximum absolute atomic E-state index is 14.3. The van der Waals surface area contributed by atoms with Crippen LogP contribution < -0.4 is 5.73 Å². The number of carbonyl (C=O) groups is 3. The summed E-state index contributed by atoms with van der Waals surface area (Å²) in [6.07, 6.45) is -1.17. The van der Waals surface area contributed by atoms with Crippen molar-refractivity contribution < 1.29 is 39.9 Å². The third-order valence-corrected chi connectivity index (χ3v) is 9.29. The van der Waals surface area contributed by atoms with E-state index >= 15 is 0 Å². The number of aliphatic hydroxyl groups is 4. The number of carbonyl (C=O) groups excluding carboxylic acids is 3. The monoisotopic (exact) mass is 532 g/mol.